The molecule has 1 atom stereocenters. The fraction of sp³-hybridized carbons (Fsp3) is 0.250. The molecule has 1 fully saturated rings. The summed E-state index contributed by atoms with van der Waals surface area (Å²) in [5.74, 6) is -0.278. The van der Waals surface area contributed by atoms with Crippen LogP contribution < -0.4 is 10.1 Å². The van der Waals surface area contributed by atoms with Crippen LogP contribution in [0.4, 0.5) is 11.4 Å². The highest BCUT2D eigenvalue weighted by molar-refractivity contribution is 8.15. The van der Waals surface area contributed by atoms with Crippen molar-refractivity contribution in [3.05, 3.63) is 66.7 Å². The van der Waals surface area contributed by atoms with Gasteiger partial charge in [0.05, 0.1) is 25.0 Å². The van der Waals surface area contributed by atoms with E-state index in [1.54, 1.807) is 50.4 Å². The molecule has 1 aliphatic heterocycles. The van der Waals surface area contributed by atoms with Gasteiger partial charge in [-0.3, -0.25) is 14.5 Å². The van der Waals surface area contributed by atoms with Crippen LogP contribution in [0.5, 0.6) is 5.75 Å². The molecule has 1 aliphatic rings. The van der Waals surface area contributed by atoms with Gasteiger partial charge in [-0.1, -0.05) is 23.9 Å². The third-order valence-corrected chi connectivity index (χ3v) is 5.84. The number of carbonyl (C=O) groups excluding carboxylic acids is 3. The van der Waals surface area contributed by atoms with E-state index in [4.69, 9.17) is 9.47 Å². The lowest BCUT2D eigenvalue weighted by atomic mass is 10.2. The van der Waals surface area contributed by atoms with Crippen molar-refractivity contribution >= 4 is 46.1 Å². The van der Waals surface area contributed by atoms with E-state index in [2.05, 4.69) is 16.9 Å². The van der Waals surface area contributed by atoms with E-state index in [9.17, 15) is 14.4 Å². The normalized spacial score (nSPS) is 16.5. The zero-order valence-corrected chi connectivity index (χ0v) is 19.3. The number of methoxy groups -OCH3 is 1. The molecule has 1 N–H and O–H groups in total. The average Bonchev–Trinajstić information content (AvgIpc) is 3.08. The standard InChI is InChI=1S/C24H25N3O5S/c1-4-13-27-22(29)20(33-24(27)26-18-7-6-8-19(14-18)31-3)15-21(28)25-17-11-9-16(10-12-17)23(30)32-5-2/h4,6-12,14,20H,1,5,13,15H2,2-3H3,(H,25,28)/t20-/m1/s1. The average molecular weight is 468 g/mol. The van der Waals surface area contributed by atoms with Crippen LogP contribution in [0.3, 0.4) is 0 Å². The summed E-state index contributed by atoms with van der Waals surface area (Å²) in [4.78, 5) is 43.3. The van der Waals surface area contributed by atoms with Crippen LogP contribution in [0.15, 0.2) is 66.2 Å². The molecule has 2 aromatic carbocycles. The summed E-state index contributed by atoms with van der Waals surface area (Å²) in [6.45, 7) is 6.03. The second-order valence-corrected chi connectivity index (χ2v) is 8.16. The molecule has 0 aliphatic carbocycles. The Bertz CT molecular complexity index is 1070. The fourth-order valence-electron chi connectivity index (χ4n) is 3.10. The number of rotatable bonds is 9. The Hall–Kier alpha value is -3.59. The van der Waals surface area contributed by atoms with E-state index in [0.717, 1.165) is 0 Å². The quantitative estimate of drug-likeness (QED) is 0.442. The van der Waals surface area contributed by atoms with Gasteiger partial charge in [0.25, 0.3) is 0 Å². The molecule has 3 rings (SSSR count). The zero-order valence-electron chi connectivity index (χ0n) is 18.4. The maximum absolute atomic E-state index is 12.9. The molecule has 9 heteroatoms. The third-order valence-electron chi connectivity index (χ3n) is 4.66. The lowest BCUT2D eigenvalue weighted by Gasteiger charge is -2.14. The van der Waals surface area contributed by atoms with E-state index < -0.39 is 11.2 Å². The summed E-state index contributed by atoms with van der Waals surface area (Å²) in [7, 11) is 1.57. The van der Waals surface area contributed by atoms with Crippen molar-refractivity contribution in [1.82, 2.24) is 4.90 Å². The summed E-state index contributed by atoms with van der Waals surface area (Å²) in [5, 5.41) is 2.66. The molecular weight excluding hydrogens is 442 g/mol. The van der Waals surface area contributed by atoms with Crippen molar-refractivity contribution in [2.75, 3.05) is 25.6 Å². The molecule has 0 bridgehead atoms. The third kappa shape index (κ3) is 6.23. The Morgan fingerprint density at radius 3 is 2.67 bits per heavy atom. The van der Waals surface area contributed by atoms with Gasteiger partial charge >= 0.3 is 5.97 Å². The Balaban J connectivity index is 1.68. The summed E-state index contributed by atoms with van der Waals surface area (Å²) < 4.78 is 10.2. The number of anilines is 1. The zero-order chi connectivity index (χ0) is 23.8. The number of hydrogen-bond acceptors (Lipinski definition) is 7. The molecular formula is C24H25N3O5S. The van der Waals surface area contributed by atoms with Gasteiger partial charge in [-0.2, -0.15) is 0 Å². The molecule has 172 valence electrons. The molecule has 0 saturated carbocycles. The van der Waals surface area contributed by atoms with E-state index >= 15 is 0 Å². The van der Waals surface area contributed by atoms with Crippen LogP contribution in [0.2, 0.25) is 0 Å². The Morgan fingerprint density at radius 2 is 2.00 bits per heavy atom. The van der Waals surface area contributed by atoms with Gasteiger partial charge in [-0.05, 0) is 43.3 Å². The van der Waals surface area contributed by atoms with E-state index in [0.29, 0.717) is 34.4 Å². The summed E-state index contributed by atoms with van der Waals surface area (Å²) in [6, 6.07) is 13.6. The molecule has 0 radical (unpaired) electrons. The van der Waals surface area contributed by atoms with Crippen LogP contribution >= 0.6 is 11.8 Å². The molecule has 1 saturated heterocycles. The minimum Gasteiger partial charge on any atom is -0.497 e. The van der Waals surface area contributed by atoms with Gasteiger partial charge in [0, 0.05) is 24.7 Å². The van der Waals surface area contributed by atoms with Gasteiger partial charge in [0.15, 0.2) is 5.17 Å². The molecule has 1 heterocycles. The first-order valence-corrected chi connectivity index (χ1v) is 11.2. The number of thioether (sulfide) groups is 1. The van der Waals surface area contributed by atoms with Crippen LogP contribution in [-0.2, 0) is 14.3 Å². The number of nitrogens with zero attached hydrogens (tertiary/aromatic N) is 2. The van der Waals surface area contributed by atoms with Crippen LogP contribution in [0.25, 0.3) is 0 Å². The second kappa shape index (κ2) is 11.3. The predicted octanol–water partition coefficient (Wildman–Crippen LogP) is 4.02. The largest absolute Gasteiger partial charge is 0.497 e. The minimum atomic E-state index is -0.604. The number of benzene rings is 2. The number of hydrogen-bond donors (Lipinski definition) is 1. The second-order valence-electron chi connectivity index (χ2n) is 6.99. The minimum absolute atomic E-state index is 0.0199. The molecule has 0 unspecified atom stereocenters. The molecule has 8 nitrogen and oxygen atoms in total. The highest BCUT2D eigenvalue weighted by Gasteiger charge is 2.38. The number of amidine groups is 1. The van der Waals surface area contributed by atoms with Gasteiger partial charge in [-0.15, -0.1) is 6.58 Å². The van der Waals surface area contributed by atoms with Crippen molar-refractivity contribution in [2.24, 2.45) is 4.99 Å². The Labute approximate surface area is 196 Å². The van der Waals surface area contributed by atoms with Gasteiger partial charge < -0.3 is 14.8 Å². The molecule has 2 amide bonds. The van der Waals surface area contributed by atoms with Gasteiger partial charge in [-0.25, -0.2) is 9.79 Å². The first kappa shape index (κ1) is 24.1. The van der Waals surface area contributed by atoms with Crippen LogP contribution in [0, 0.1) is 0 Å². The summed E-state index contributed by atoms with van der Waals surface area (Å²) in [5.41, 5.74) is 1.57. The first-order chi connectivity index (χ1) is 15.9. The van der Waals surface area contributed by atoms with E-state index in [1.165, 1.54) is 16.7 Å². The molecule has 33 heavy (non-hydrogen) atoms. The van der Waals surface area contributed by atoms with E-state index in [-0.39, 0.29) is 24.8 Å². The molecule has 0 spiro atoms. The maximum atomic E-state index is 12.9. The molecule has 2 aromatic rings. The van der Waals surface area contributed by atoms with Crippen LogP contribution in [0.1, 0.15) is 23.7 Å². The SMILES string of the molecule is C=CCN1C(=O)[C@@H](CC(=O)Nc2ccc(C(=O)OCC)cc2)SC1=Nc1cccc(OC)c1. The van der Waals surface area contributed by atoms with Crippen molar-refractivity contribution < 1.29 is 23.9 Å². The van der Waals surface area contributed by atoms with Gasteiger partial charge in [0.2, 0.25) is 11.8 Å². The number of esters is 1. The number of nitrogens with one attached hydrogen (secondary N) is 1. The highest BCUT2D eigenvalue weighted by Crippen LogP contribution is 2.32. The number of amides is 2. The van der Waals surface area contributed by atoms with Crippen molar-refractivity contribution in [3.8, 4) is 5.75 Å². The lowest BCUT2D eigenvalue weighted by Crippen LogP contribution is -2.33. The Kier molecular flexibility index (Phi) is 8.26. The van der Waals surface area contributed by atoms with Gasteiger partial charge in [0.1, 0.15) is 11.0 Å². The molecule has 0 aromatic heterocycles. The fourth-order valence-corrected chi connectivity index (χ4v) is 4.26. The van der Waals surface area contributed by atoms with Crippen molar-refractivity contribution in [1.29, 1.82) is 0 Å². The number of aliphatic imine (C=N–C) groups is 1. The number of ether oxygens (including phenoxy) is 2. The predicted molar refractivity (Wildman–Crippen MR) is 129 cm³/mol. The summed E-state index contributed by atoms with van der Waals surface area (Å²) in [6.07, 6.45) is 1.60. The van der Waals surface area contributed by atoms with Crippen molar-refractivity contribution in [2.45, 2.75) is 18.6 Å². The number of carbonyl (C=O) groups is 3. The maximum Gasteiger partial charge on any atom is 0.338 e. The Morgan fingerprint density at radius 1 is 1.24 bits per heavy atom. The topological polar surface area (TPSA) is 97.3 Å². The van der Waals surface area contributed by atoms with Crippen LogP contribution in [-0.4, -0.2) is 53.4 Å². The monoisotopic (exact) mass is 467 g/mol. The van der Waals surface area contributed by atoms with E-state index in [1.807, 2.05) is 18.2 Å². The summed E-state index contributed by atoms with van der Waals surface area (Å²) >= 11 is 1.24. The first-order valence-electron chi connectivity index (χ1n) is 10.3. The lowest BCUT2D eigenvalue weighted by molar-refractivity contribution is -0.127. The van der Waals surface area contributed by atoms with Crippen molar-refractivity contribution in [3.63, 3.8) is 0 Å². The highest BCUT2D eigenvalue weighted by atomic mass is 32.2. The smallest absolute Gasteiger partial charge is 0.338 e.